The van der Waals surface area contributed by atoms with Gasteiger partial charge in [0.1, 0.15) is 0 Å². The summed E-state index contributed by atoms with van der Waals surface area (Å²) < 4.78 is 12.2. The van der Waals surface area contributed by atoms with Gasteiger partial charge in [-0.1, -0.05) is 19.5 Å². The molecule has 2 radical (unpaired) electrons. The molecule has 0 fully saturated rings. The summed E-state index contributed by atoms with van der Waals surface area (Å²) in [5.74, 6) is 0. The monoisotopic (exact) mass is 885 g/mol. The third-order valence-electron chi connectivity index (χ3n) is 1.94. The van der Waals surface area contributed by atoms with Gasteiger partial charge < -0.3 is 24.6 Å². The van der Waals surface area contributed by atoms with Gasteiger partial charge in [0.15, 0.2) is 6.34 Å². The number of rotatable bonds is 1. The van der Waals surface area contributed by atoms with Crippen LogP contribution in [0.3, 0.4) is 0 Å². The van der Waals surface area contributed by atoms with E-state index in [9.17, 15) is 4.39 Å². The molecule has 11 heteroatoms. The van der Waals surface area contributed by atoms with Gasteiger partial charge in [0, 0.05) is 72.2 Å². The molecule has 0 saturated carbocycles. The van der Waals surface area contributed by atoms with Crippen molar-refractivity contribution in [2.24, 2.45) is 4.99 Å². The van der Waals surface area contributed by atoms with Crippen LogP contribution in [0.4, 0.5) is 4.39 Å². The molecule has 0 bridgehead atoms. The average Bonchev–Trinajstić information content (AvgIpc) is 2.64. The second-order valence-electron chi connectivity index (χ2n) is 2.62. The molecule has 1 aliphatic heterocycles. The van der Waals surface area contributed by atoms with E-state index in [1.165, 1.54) is 0 Å². The fourth-order valence-corrected chi connectivity index (χ4v) is 1.36. The van der Waals surface area contributed by atoms with E-state index in [4.69, 9.17) is 0 Å². The molecular weight excluding hydrogens is 870 g/mol. The first-order chi connectivity index (χ1) is 6.42. The fourth-order valence-electron chi connectivity index (χ4n) is 1.36. The van der Waals surface area contributed by atoms with Crippen molar-refractivity contribution in [3.05, 3.63) is 38.5 Å². The van der Waals surface area contributed by atoms with Gasteiger partial charge in [-0.3, -0.25) is 0 Å². The first-order valence-electron chi connectivity index (χ1n) is 4.64. The maximum Gasteiger partial charge on any atom is 1.00 e. The molecular formula is C11H19FN2Rb6Y2+2. The standard InChI is InChI=1S/C8H9FN2.C2H6.CH3.6Rb.2Y.H/c9-5-11-6-10-7-3-1-2-4-8(7)11;1-2;;;;;;;;;;/h2-3,5-6,11H,1,4H2;1-2H3;1H3;;;;;;;;;/q-2;;-1;6*+1;;;-1. The minimum absolute atomic E-state index is 0. The summed E-state index contributed by atoms with van der Waals surface area (Å²) in [5, 5.41) is 0. The van der Waals surface area contributed by atoms with Crippen LogP contribution < -0.4 is 354 Å². The Morgan fingerprint density at radius 3 is 2.00 bits per heavy atom. The van der Waals surface area contributed by atoms with Crippen LogP contribution in [-0.2, 0) is 65.4 Å². The van der Waals surface area contributed by atoms with Crippen LogP contribution >= 0.6 is 0 Å². The number of hydrogen-bond acceptors (Lipinski definition) is 1. The van der Waals surface area contributed by atoms with Crippen LogP contribution in [0.2, 0.25) is 0 Å². The van der Waals surface area contributed by atoms with Crippen molar-refractivity contribution in [2.75, 3.05) is 0 Å². The van der Waals surface area contributed by atoms with Gasteiger partial charge in [0.2, 0.25) is 0 Å². The van der Waals surface area contributed by atoms with Crippen molar-refractivity contribution < 1.29 is 425 Å². The van der Waals surface area contributed by atoms with Crippen molar-refractivity contribution in [1.29, 1.82) is 0 Å². The zero-order chi connectivity index (χ0) is 9.68. The second-order valence-corrected chi connectivity index (χ2v) is 2.62. The van der Waals surface area contributed by atoms with Gasteiger partial charge in [-0.15, -0.1) is 0 Å². The van der Waals surface area contributed by atoms with E-state index < -0.39 is 0 Å². The Morgan fingerprint density at radius 2 is 1.59 bits per heavy atom. The van der Waals surface area contributed by atoms with Crippen molar-refractivity contribution in [3.8, 4) is 0 Å². The number of aliphatic imine (C=N–C) groups is 1. The predicted molar refractivity (Wildman–Crippen MR) is 58.6 cm³/mol. The average molecular weight is 889 g/mol. The maximum atomic E-state index is 12.2. The van der Waals surface area contributed by atoms with Crippen LogP contribution in [0.5, 0.6) is 0 Å². The largest absolute Gasteiger partial charge is 1.00 e. The summed E-state index contributed by atoms with van der Waals surface area (Å²) in [6.45, 7) is 4.62. The van der Waals surface area contributed by atoms with Gasteiger partial charge in [-0.2, -0.15) is 6.42 Å². The Kier molecular flexibility index (Phi) is 117. The maximum absolute atomic E-state index is 12.2. The van der Waals surface area contributed by atoms with E-state index in [0.717, 1.165) is 24.2 Å². The smallest absolute Gasteiger partial charge is 1.00 e. The zero-order valence-corrected chi connectivity index (χ0v) is 51.4. The molecule has 0 saturated heterocycles. The predicted octanol–water partition coefficient (Wildman–Crippen LogP) is -16.0. The van der Waals surface area contributed by atoms with Gasteiger partial charge in [0.05, 0.1) is 0 Å². The number of hydrogen-bond donors (Lipinski definition) is 1. The molecule has 1 heterocycles. The second kappa shape index (κ2) is 43.3. The van der Waals surface area contributed by atoms with Crippen LogP contribution in [0, 0.1) is 27.1 Å². The molecule has 1 atom stereocenters. The van der Waals surface area contributed by atoms with E-state index in [0.29, 0.717) is 11.7 Å². The molecule has 0 aromatic heterocycles. The molecule has 22 heavy (non-hydrogen) atoms. The van der Waals surface area contributed by atoms with Crippen molar-refractivity contribution in [3.63, 3.8) is 0 Å². The molecule has 1 aliphatic carbocycles. The van der Waals surface area contributed by atoms with Gasteiger partial charge >= 0.3 is 349 Å². The first-order valence-corrected chi connectivity index (χ1v) is 4.64. The third-order valence-corrected chi connectivity index (χ3v) is 1.94. The van der Waals surface area contributed by atoms with Crippen LogP contribution in [0.15, 0.2) is 16.4 Å². The molecule has 1 N–H and O–H groups in total. The number of halogens is 1. The normalized spacial score (nSPS) is 14.6. The molecule has 0 spiro atoms. The summed E-state index contributed by atoms with van der Waals surface area (Å²) in [6.07, 6.45) is 7.53. The van der Waals surface area contributed by atoms with Gasteiger partial charge in [-0.25, -0.2) is 17.8 Å². The first kappa shape index (κ1) is 59.4. The van der Waals surface area contributed by atoms with Crippen LogP contribution in [-0.4, -0.2) is 6.34 Å². The fraction of sp³-hybridized carbons (Fsp3) is 0.364. The number of quaternary nitrogens is 1. The number of nitrogens with one attached hydrogen (secondary N) is 1. The third kappa shape index (κ3) is 26.8. The Balaban J connectivity index is -0.0000000170. The van der Waals surface area contributed by atoms with Crippen molar-refractivity contribution in [1.82, 2.24) is 0 Å². The van der Waals surface area contributed by atoms with E-state index in [1.807, 2.05) is 20.3 Å². The Morgan fingerprint density at radius 1 is 1.14 bits per heavy atom. The van der Waals surface area contributed by atoms with Crippen LogP contribution in [0.1, 0.15) is 28.1 Å². The molecule has 2 aliphatic rings. The summed E-state index contributed by atoms with van der Waals surface area (Å²) in [6, 6.07) is 0. The molecule has 90 valence electrons. The van der Waals surface area contributed by atoms with E-state index >= 15 is 0 Å². The zero-order valence-electron chi connectivity index (χ0n) is 17.2. The topological polar surface area (TPSA) is 16.8 Å². The summed E-state index contributed by atoms with van der Waals surface area (Å²) in [5.41, 5.74) is 1.98. The SMILES string of the molecule is CC.F[CH-][NH+]1C=NC2=C1C[CH-]C[CH-]2.[CH3-].[H-].[Rb+].[Rb+].[Rb+].[Rb+].[Rb+].[Rb+].[Y].[Y]. The molecule has 0 amide bonds. The number of nitrogens with zero attached hydrogens (tertiary/aromatic N) is 1. The van der Waals surface area contributed by atoms with E-state index in [1.54, 1.807) is 6.34 Å². The summed E-state index contributed by atoms with van der Waals surface area (Å²) in [7, 11) is 0. The van der Waals surface area contributed by atoms with E-state index in [-0.39, 0.29) is 423 Å². The minimum atomic E-state index is 0. The van der Waals surface area contributed by atoms with Crippen LogP contribution in [0.25, 0.3) is 0 Å². The molecule has 2 nitrogen and oxygen atoms in total. The Hall–Kier alpha value is 12.2. The number of allylic oxidation sites excluding steroid dienone is 2. The molecule has 2 rings (SSSR count). The quantitative estimate of drug-likeness (QED) is 0.200. The van der Waals surface area contributed by atoms with Crippen molar-refractivity contribution in [2.45, 2.75) is 26.7 Å². The summed E-state index contributed by atoms with van der Waals surface area (Å²) in [4.78, 5) is 4.71. The Bertz CT molecular complexity index is 255. The Labute approximate surface area is 483 Å². The molecule has 1 unspecified atom stereocenters. The minimum Gasteiger partial charge on any atom is -1.00 e. The van der Waals surface area contributed by atoms with E-state index in [2.05, 4.69) is 11.4 Å². The molecule has 0 aromatic rings. The molecule has 0 aromatic carbocycles. The summed E-state index contributed by atoms with van der Waals surface area (Å²) >= 11 is 0. The van der Waals surface area contributed by atoms with Gasteiger partial charge in [-0.05, 0) is 5.70 Å². The van der Waals surface area contributed by atoms with Gasteiger partial charge in [0.25, 0.3) is 0 Å². The van der Waals surface area contributed by atoms with Crippen molar-refractivity contribution >= 4 is 6.34 Å².